The Hall–Kier alpha value is -1.59. The van der Waals surface area contributed by atoms with Gasteiger partial charge in [0.2, 0.25) is 5.78 Å². The quantitative estimate of drug-likeness (QED) is 0.878. The number of hydrogen-bond donors (Lipinski definition) is 1. The predicted molar refractivity (Wildman–Crippen MR) is 78.9 cm³/mol. The van der Waals surface area contributed by atoms with Gasteiger partial charge < -0.3 is 5.73 Å². The molecule has 0 saturated heterocycles. The summed E-state index contributed by atoms with van der Waals surface area (Å²) >= 11 is 1.37. The van der Waals surface area contributed by atoms with E-state index in [0.29, 0.717) is 17.8 Å². The maximum Gasteiger partial charge on any atom is 0.208 e. The fourth-order valence-electron chi connectivity index (χ4n) is 2.69. The Balaban J connectivity index is 1.75. The lowest BCUT2D eigenvalue weighted by atomic mass is 9.96. The summed E-state index contributed by atoms with van der Waals surface area (Å²) in [7, 11) is 0. The van der Waals surface area contributed by atoms with Gasteiger partial charge >= 0.3 is 0 Å². The summed E-state index contributed by atoms with van der Waals surface area (Å²) in [6, 6.07) is 7.02. The molecule has 0 bridgehead atoms. The average molecular weight is 288 g/mol. The molecule has 1 saturated carbocycles. The summed E-state index contributed by atoms with van der Waals surface area (Å²) in [6.45, 7) is 0. The number of aromatic nitrogens is 1. The molecule has 2 N–H and O–H groups in total. The number of fused-ring (bicyclic) bond motifs is 1. The van der Waals surface area contributed by atoms with Crippen LogP contribution in [0.3, 0.4) is 0 Å². The number of ketones is 2. The van der Waals surface area contributed by atoms with Gasteiger partial charge in [-0.15, -0.1) is 11.3 Å². The zero-order valence-electron chi connectivity index (χ0n) is 11.0. The molecule has 1 heterocycles. The van der Waals surface area contributed by atoms with Crippen LogP contribution in [0.1, 0.15) is 35.5 Å². The lowest BCUT2D eigenvalue weighted by Gasteiger charge is -2.12. The summed E-state index contributed by atoms with van der Waals surface area (Å²) in [5.74, 6) is 0.0618. The van der Waals surface area contributed by atoms with E-state index in [4.69, 9.17) is 5.73 Å². The van der Waals surface area contributed by atoms with Gasteiger partial charge in [0.1, 0.15) is 5.78 Å². The third-order valence-electron chi connectivity index (χ3n) is 3.81. The molecule has 1 aromatic heterocycles. The third-order valence-corrected chi connectivity index (χ3v) is 4.86. The first-order chi connectivity index (χ1) is 9.65. The molecule has 1 aromatic carbocycles. The Labute approximate surface area is 121 Å². The van der Waals surface area contributed by atoms with Crippen molar-refractivity contribution in [1.29, 1.82) is 0 Å². The van der Waals surface area contributed by atoms with Gasteiger partial charge in [-0.3, -0.25) is 9.59 Å². The van der Waals surface area contributed by atoms with Crippen molar-refractivity contribution in [1.82, 2.24) is 4.98 Å². The smallest absolute Gasteiger partial charge is 0.208 e. The fourth-order valence-corrected chi connectivity index (χ4v) is 3.66. The van der Waals surface area contributed by atoms with Crippen molar-refractivity contribution in [3.63, 3.8) is 0 Å². The normalized spacial score (nSPS) is 20.4. The van der Waals surface area contributed by atoms with Gasteiger partial charge in [-0.1, -0.05) is 12.1 Å². The first kappa shape index (κ1) is 13.4. The maximum atomic E-state index is 12.3. The molecule has 5 heteroatoms. The highest BCUT2D eigenvalue weighted by Crippen LogP contribution is 2.27. The minimum atomic E-state index is -0.623. The fraction of sp³-hybridized carbons (Fsp3) is 0.400. The van der Waals surface area contributed by atoms with Crippen LogP contribution in [0.5, 0.6) is 0 Å². The van der Waals surface area contributed by atoms with Gasteiger partial charge in [-0.2, -0.15) is 0 Å². The molecule has 4 nitrogen and oxygen atoms in total. The maximum absolute atomic E-state index is 12.3. The van der Waals surface area contributed by atoms with Crippen LogP contribution in [0.25, 0.3) is 10.2 Å². The van der Waals surface area contributed by atoms with Gasteiger partial charge in [0.05, 0.1) is 16.3 Å². The topological polar surface area (TPSA) is 73.1 Å². The average Bonchev–Trinajstić information content (AvgIpc) is 3.04. The minimum Gasteiger partial charge on any atom is -0.321 e. The van der Waals surface area contributed by atoms with Crippen LogP contribution in [0.2, 0.25) is 0 Å². The minimum absolute atomic E-state index is 0.0386. The van der Waals surface area contributed by atoms with E-state index in [-0.39, 0.29) is 17.5 Å². The van der Waals surface area contributed by atoms with Gasteiger partial charge in [-0.25, -0.2) is 4.98 Å². The SMILES string of the molecule is N[C@@H](C[C@@H]1CCCC1=O)C(=O)c1nc2ccccc2s1. The van der Waals surface area contributed by atoms with E-state index in [0.717, 1.165) is 23.1 Å². The van der Waals surface area contributed by atoms with Crippen LogP contribution in [-0.2, 0) is 4.79 Å². The molecular weight excluding hydrogens is 272 g/mol. The molecule has 0 aliphatic heterocycles. The molecule has 0 radical (unpaired) electrons. The van der Waals surface area contributed by atoms with E-state index in [1.807, 2.05) is 24.3 Å². The highest BCUT2D eigenvalue weighted by Gasteiger charge is 2.29. The van der Waals surface area contributed by atoms with Crippen molar-refractivity contribution in [2.24, 2.45) is 11.7 Å². The van der Waals surface area contributed by atoms with Crippen molar-refractivity contribution in [3.8, 4) is 0 Å². The van der Waals surface area contributed by atoms with E-state index in [1.165, 1.54) is 11.3 Å². The zero-order chi connectivity index (χ0) is 14.1. The zero-order valence-corrected chi connectivity index (χ0v) is 11.9. The Kier molecular flexibility index (Phi) is 3.63. The molecule has 2 atom stereocenters. The van der Waals surface area contributed by atoms with Crippen molar-refractivity contribution in [2.45, 2.75) is 31.7 Å². The number of para-hydroxylation sites is 1. The van der Waals surface area contributed by atoms with E-state index >= 15 is 0 Å². The first-order valence-corrected chi connectivity index (χ1v) is 7.65. The second-order valence-corrected chi connectivity index (χ2v) is 6.28. The van der Waals surface area contributed by atoms with Gasteiger partial charge in [0.25, 0.3) is 0 Å². The number of benzene rings is 1. The van der Waals surface area contributed by atoms with Crippen molar-refractivity contribution < 1.29 is 9.59 Å². The van der Waals surface area contributed by atoms with Gasteiger partial charge in [-0.05, 0) is 31.4 Å². The molecule has 1 aliphatic rings. The number of thiazole rings is 1. The van der Waals surface area contributed by atoms with Crippen LogP contribution in [0.4, 0.5) is 0 Å². The van der Waals surface area contributed by atoms with Crippen LogP contribution >= 0.6 is 11.3 Å². The number of carbonyl (C=O) groups excluding carboxylic acids is 2. The van der Waals surface area contributed by atoms with Crippen molar-refractivity contribution in [2.75, 3.05) is 0 Å². The van der Waals surface area contributed by atoms with Crippen LogP contribution in [-0.4, -0.2) is 22.6 Å². The lowest BCUT2D eigenvalue weighted by Crippen LogP contribution is -2.33. The number of nitrogens with zero attached hydrogens (tertiary/aromatic N) is 1. The molecule has 2 aromatic rings. The first-order valence-electron chi connectivity index (χ1n) is 6.83. The molecule has 20 heavy (non-hydrogen) atoms. The molecule has 3 rings (SSSR count). The number of rotatable bonds is 4. The summed E-state index contributed by atoms with van der Waals surface area (Å²) in [4.78, 5) is 28.3. The second-order valence-electron chi connectivity index (χ2n) is 5.25. The number of nitrogens with two attached hydrogens (primary N) is 1. The second kappa shape index (κ2) is 5.42. The number of Topliss-reactive ketones (excluding diaryl/α,β-unsaturated/α-hetero) is 2. The van der Waals surface area contributed by atoms with Crippen LogP contribution in [0.15, 0.2) is 24.3 Å². The Bertz CT molecular complexity index is 632. The van der Waals surface area contributed by atoms with Gasteiger partial charge in [0.15, 0.2) is 5.01 Å². The molecule has 1 aliphatic carbocycles. The number of carbonyl (C=O) groups is 2. The monoisotopic (exact) mass is 288 g/mol. The molecular formula is C15H16N2O2S. The summed E-state index contributed by atoms with van der Waals surface area (Å²) in [5.41, 5.74) is 6.80. The van der Waals surface area contributed by atoms with Crippen molar-refractivity contribution in [3.05, 3.63) is 29.3 Å². The highest BCUT2D eigenvalue weighted by molar-refractivity contribution is 7.20. The Morgan fingerprint density at radius 3 is 2.95 bits per heavy atom. The van der Waals surface area contributed by atoms with Crippen LogP contribution in [0, 0.1) is 5.92 Å². The summed E-state index contributed by atoms with van der Waals surface area (Å²) < 4.78 is 0.986. The van der Waals surface area contributed by atoms with Gasteiger partial charge in [0, 0.05) is 12.3 Å². The highest BCUT2D eigenvalue weighted by atomic mass is 32.1. The number of hydrogen-bond acceptors (Lipinski definition) is 5. The molecule has 104 valence electrons. The van der Waals surface area contributed by atoms with E-state index < -0.39 is 6.04 Å². The third kappa shape index (κ3) is 2.51. The van der Waals surface area contributed by atoms with E-state index in [1.54, 1.807) is 0 Å². The van der Waals surface area contributed by atoms with E-state index in [9.17, 15) is 9.59 Å². The molecule has 0 unspecified atom stereocenters. The standard InChI is InChI=1S/C15H16N2O2S/c16-10(8-9-4-3-6-12(9)18)14(19)15-17-11-5-1-2-7-13(11)20-15/h1-2,5,7,9-10H,3-4,6,8,16H2/t9-,10-/m0/s1. The molecule has 0 amide bonds. The molecule has 0 spiro atoms. The van der Waals surface area contributed by atoms with Crippen LogP contribution < -0.4 is 5.73 Å². The largest absolute Gasteiger partial charge is 0.321 e. The summed E-state index contributed by atoms with van der Waals surface area (Å²) in [5, 5.41) is 0.448. The van der Waals surface area contributed by atoms with E-state index in [2.05, 4.69) is 4.98 Å². The van der Waals surface area contributed by atoms with Crippen molar-refractivity contribution >= 4 is 33.1 Å². The predicted octanol–water partition coefficient (Wildman–Crippen LogP) is 2.57. The Morgan fingerprint density at radius 1 is 1.45 bits per heavy atom. The lowest BCUT2D eigenvalue weighted by molar-refractivity contribution is -0.120. The summed E-state index contributed by atoms with van der Waals surface area (Å²) in [6.07, 6.45) is 2.87. The molecule has 1 fully saturated rings. The Morgan fingerprint density at radius 2 is 2.25 bits per heavy atom.